The summed E-state index contributed by atoms with van der Waals surface area (Å²) in [4.78, 5) is 7.78. The molecular formula is C13H11F3N4S. The SMILES string of the molecule is N=C(N)c1ncccc1CSc1ccc(C(F)(F)F)cn1. The smallest absolute Gasteiger partial charge is 0.382 e. The second kappa shape index (κ2) is 6.13. The Kier molecular flexibility index (Phi) is 4.46. The molecule has 8 heteroatoms. The minimum atomic E-state index is -4.39. The van der Waals surface area contributed by atoms with E-state index < -0.39 is 11.7 Å². The molecule has 0 aliphatic rings. The van der Waals surface area contributed by atoms with Gasteiger partial charge in [-0.25, -0.2) is 4.98 Å². The van der Waals surface area contributed by atoms with Gasteiger partial charge in [-0.05, 0) is 23.8 Å². The third-order valence-corrected chi connectivity index (χ3v) is 3.58. The fourth-order valence-corrected chi connectivity index (χ4v) is 2.41. The summed E-state index contributed by atoms with van der Waals surface area (Å²) in [5.74, 6) is 0.271. The van der Waals surface area contributed by atoms with Crippen LogP contribution in [0.3, 0.4) is 0 Å². The lowest BCUT2D eigenvalue weighted by atomic mass is 10.2. The molecule has 0 aliphatic heterocycles. The summed E-state index contributed by atoms with van der Waals surface area (Å²) < 4.78 is 37.3. The number of alkyl halides is 3. The summed E-state index contributed by atoms with van der Waals surface area (Å²) >= 11 is 1.25. The third kappa shape index (κ3) is 3.94. The minimum Gasteiger partial charge on any atom is -0.382 e. The number of nitrogen functional groups attached to an aromatic ring is 1. The van der Waals surface area contributed by atoms with Crippen molar-refractivity contribution in [2.45, 2.75) is 17.0 Å². The molecule has 0 atom stereocenters. The molecule has 2 aromatic heterocycles. The van der Waals surface area contributed by atoms with Crippen LogP contribution in [0, 0.1) is 5.41 Å². The normalized spacial score (nSPS) is 11.4. The van der Waals surface area contributed by atoms with Crippen molar-refractivity contribution in [3.05, 3.63) is 53.5 Å². The first kappa shape index (κ1) is 15.3. The second-order valence-electron chi connectivity index (χ2n) is 4.10. The third-order valence-electron chi connectivity index (χ3n) is 2.59. The Hall–Kier alpha value is -2.09. The summed E-state index contributed by atoms with van der Waals surface area (Å²) in [7, 11) is 0. The standard InChI is InChI=1S/C13H11F3N4S/c14-13(15,16)9-3-4-10(20-6-9)21-7-8-2-1-5-19-11(8)12(17)18/h1-6H,7H2,(H3,17,18). The Morgan fingerprint density at radius 1 is 1.24 bits per heavy atom. The van der Waals surface area contributed by atoms with E-state index in [2.05, 4.69) is 9.97 Å². The lowest BCUT2D eigenvalue weighted by Gasteiger charge is -2.08. The van der Waals surface area contributed by atoms with Crippen LogP contribution in [-0.2, 0) is 11.9 Å². The van der Waals surface area contributed by atoms with E-state index in [4.69, 9.17) is 11.1 Å². The number of aromatic nitrogens is 2. The number of nitrogens with zero attached hydrogens (tertiary/aromatic N) is 2. The lowest BCUT2D eigenvalue weighted by Crippen LogP contribution is -2.15. The van der Waals surface area contributed by atoms with Crippen molar-refractivity contribution in [1.82, 2.24) is 9.97 Å². The Morgan fingerprint density at radius 3 is 2.57 bits per heavy atom. The quantitative estimate of drug-likeness (QED) is 0.517. The predicted molar refractivity (Wildman–Crippen MR) is 74.1 cm³/mol. The summed E-state index contributed by atoms with van der Waals surface area (Å²) in [6, 6.07) is 5.78. The van der Waals surface area contributed by atoms with Crippen LogP contribution < -0.4 is 5.73 Å². The highest BCUT2D eigenvalue weighted by atomic mass is 32.2. The van der Waals surface area contributed by atoms with Gasteiger partial charge in [0.1, 0.15) is 11.5 Å². The number of nitrogens with one attached hydrogen (secondary N) is 1. The molecule has 110 valence electrons. The van der Waals surface area contributed by atoms with Crippen molar-refractivity contribution < 1.29 is 13.2 Å². The van der Waals surface area contributed by atoms with Crippen molar-refractivity contribution >= 4 is 17.6 Å². The Balaban J connectivity index is 2.09. The summed E-state index contributed by atoms with van der Waals surface area (Å²) in [6.45, 7) is 0. The molecule has 0 unspecified atom stereocenters. The average molecular weight is 312 g/mol. The fourth-order valence-electron chi connectivity index (χ4n) is 1.58. The predicted octanol–water partition coefficient (Wildman–Crippen LogP) is 3.07. The molecule has 0 saturated carbocycles. The monoisotopic (exact) mass is 312 g/mol. The maximum absolute atomic E-state index is 12.4. The van der Waals surface area contributed by atoms with E-state index in [9.17, 15) is 13.2 Å². The molecular weight excluding hydrogens is 301 g/mol. The molecule has 0 spiro atoms. The summed E-state index contributed by atoms with van der Waals surface area (Å²) in [5, 5.41) is 7.88. The average Bonchev–Trinajstić information content (AvgIpc) is 2.45. The van der Waals surface area contributed by atoms with Gasteiger partial charge in [-0.2, -0.15) is 13.2 Å². The highest BCUT2D eigenvalue weighted by Crippen LogP contribution is 2.30. The zero-order valence-electron chi connectivity index (χ0n) is 10.7. The largest absolute Gasteiger partial charge is 0.417 e. The first-order chi connectivity index (χ1) is 9.88. The zero-order chi connectivity index (χ0) is 15.5. The van der Waals surface area contributed by atoms with Gasteiger partial charge in [0.15, 0.2) is 0 Å². The number of pyridine rings is 2. The van der Waals surface area contributed by atoms with Crippen LogP contribution in [0.2, 0.25) is 0 Å². The van der Waals surface area contributed by atoms with Crippen LogP contribution in [0.4, 0.5) is 13.2 Å². The van der Waals surface area contributed by atoms with Gasteiger partial charge in [0, 0.05) is 18.1 Å². The van der Waals surface area contributed by atoms with Gasteiger partial charge < -0.3 is 5.73 Å². The van der Waals surface area contributed by atoms with E-state index in [-0.39, 0.29) is 5.84 Å². The Morgan fingerprint density at radius 2 is 2.00 bits per heavy atom. The fraction of sp³-hybridized carbons (Fsp3) is 0.154. The van der Waals surface area contributed by atoms with Gasteiger partial charge in [-0.1, -0.05) is 6.07 Å². The van der Waals surface area contributed by atoms with Crippen LogP contribution in [0.25, 0.3) is 0 Å². The highest BCUT2D eigenvalue weighted by Gasteiger charge is 2.30. The van der Waals surface area contributed by atoms with E-state index in [1.165, 1.54) is 24.0 Å². The van der Waals surface area contributed by atoms with Crippen LogP contribution in [0.5, 0.6) is 0 Å². The maximum Gasteiger partial charge on any atom is 0.417 e. The molecule has 2 aromatic rings. The van der Waals surface area contributed by atoms with E-state index in [0.29, 0.717) is 16.5 Å². The number of amidine groups is 1. The molecule has 21 heavy (non-hydrogen) atoms. The van der Waals surface area contributed by atoms with Gasteiger partial charge in [0.25, 0.3) is 0 Å². The molecule has 0 aromatic carbocycles. The second-order valence-corrected chi connectivity index (χ2v) is 5.09. The number of hydrogen-bond donors (Lipinski definition) is 2. The summed E-state index contributed by atoms with van der Waals surface area (Å²) in [5.41, 5.74) is 5.75. The summed E-state index contributed by atoms with van der Waals surface area (Å²) in [6.07, 6.45) is -2.06. The number of thioether (sulfide) groups is 1. The van der Waals surface area contributed by atoms with Gasteiger partial charge in [-0.3, -0.25) is 10.4 Å². The molecule has 3 N–H and O–H groups in total. The zero-order valence-corrected chi connectivity index (χ0v) is 11.5. The molecule has 0 bridgehead atoms. The lowest BCUT2D eigenvalue weighted by molar-refractivity contribution is -0.137. The van der Waals surface area contributed by atoms with E-state index in [1.54, 1.807) is 12.1 Å². The van der Waals surface area contributed by atoms with Crippen molar-refractivity contribution in [1.29, 1.82) is 5.41 Å². The Bertz CT molecular complexity index is 641. The molecule has 4 nitrogen and oxygen atoms in total. The first-order valence-corrected chi connectivity index (χ1v) is 6.81. The number of nitrogens with two attached hydrogens (primary N) is 1. The number of hydrogen-bond acceptors (Lipinski definition) is 4. The van der Waals surface area contributed by atoms with Crippen LogP contribution >= 0.6 is 11.8 Å². The van der Waals surface area contributed by atoms with Gasteiger partial charge in [-0.15, -0.1) is 11.8 Å². The highest BCUT2D eigenvalue weighted by molar-refractivity contribution is 7.98. The number of halogens is 3. The topological polar surface area (TPSA) is 75.7 Å². The van der Waals surface area contributed by atoms with Crippen LogP contribution in [0.15, 0.2) is 41.7 Å². The number of rotatable bonds is 4. The van der Waals surface area contributed by atoms with Crippen molar-refractivity contribution in [2.75, 3.05) is 0 Å². The van der Waals surface area contributed by atoms with Crippen LogP contribution in [0.1, 0.15) is 16.8 Å². The van der Waals surface area contributed by atoms with Crippen molar-refractivity contribution in [3.8, 4) is 0 Å². The van der Waals surface area contributed by atoms with Gasteiger partial charge in [0.05, 0.1) is 10.6 Å². The van der Waals surface area contributed by atoms with Crippen molar-refractivity contribution in [3.63, 3.8) is 0 Å². The van der Waals surface area contributed by atoms with E-state index in [1.807, 2.05) is 0 Å². The van der Waals surface area contributed by atoms with Crippen molar-refractivity contribution in [2.24, 2.45) is 5.73 Å². The van der Waals surface area contributed by atoms with Gasteiger partial charge in [0.2, 0.25) is 0 Å². The molecule has 2 rings (SSSR count). The Labute approximate surface area is 123 Å². The molecule has 0 saturated heterocycles. The molecule has 0 radical (unpaired) electrons. The van der Waals surface area contributed by atoms with Gasteiger partial charge >= 0.3 is 6.18 Å². The molecule has 0 aliphatic carbocycles. The maximum atomic E-state index is 12.4. The molecule has 0 amide bonds. The molecule has 0 fully saturated rings. The van der Waals surface area contributed by atoms with Crippen LogP contribution in [-0.4, -0.2) is 15.8 Å². The van der Waals surface area contributed by atoms with E-state index in [0.717, 1.165) is 17.8 Å². The molecule has 2 heterocycles. The van der Waals surface area contributed by atoms with E-state index >= 15 is 0 Å². The minimum absolute atomic E-state index is 0.147. The first-order valence-electron chi connectivity index (χ1n) is 5.82.